The van der Waals surface area contributed by atoms with Gasteiger partial charge in [-0.2, -0.15) is 0 Å². The van der Waals surface area contributed by atoms with Gasteiger partial charge < -0.3 is 4.74 Å². The van der Waals surface area contributed by atoms with Crippen LogP contribution in [0.25, 0.3) is 16.3 Å². The lowest BCUT2D eigenvalue weighted by molar-refractivity contribution is -0.114. The molecule has 6 heteroatoms. The van der Waals surface area contributed by atoms with Gasteiger partial charge >= 0.3 is 0 Å². The summed E-state index contributed by atoms with van der Waals surface area (Å²) in [5.41, 5.74) is 1.93. The van der Waals surface area contributed by atoms with Crippen molar-refractivity contribution in [2.75, 3.05) is 24.3 Å². The molecule has 3 aromatic rings. The molecule has 144 valence electrons. The summed E-state index contributed by atoms with van der Waals surface area (Å²) in [6.45, 7) is 1.30. The first kappa shape index (κ1) is 19.2. The molecule has 0 unspecified atom stereocenters. The zero-order chi connectivity index (χ0) is 19.3. The number of nitrogens with zero attached hydrogens (tertiary/aromatic N) is 2. The summed E-state index contributed by atoms with van der Waals surface area (Å²) in [6.07, 6.45) is 7.64. The van der Waals surface area contributed by atoms with E-state index in [0.29, 0.717) is 6.54 Å². The van der Waals surface area contributed by atoms with E-state index in [0.717, 1.165) is 40.4 Å². The van der Waals surface area contributed by atoms with E-state index in [2.05, 4.69) is 18.4 Å². The molecule has 1 saturated heterocycles. The number of hydrogen-bond acceptors (Lipinski definition) is 5. The molecule has 2 heterocycles. The van der Waals surface area contributed by atoms with Gasteiger partial charge in [0.05, 0.1) is 22.9 Å². The average molecular weight is 411 g/mol. The van der Waals surface area contributed by atoms with Gasteiger partial charge in [-0.25, -0.2) is 4.98 Å². The second-order valence-electron chi connectivity index (χ2n) is 6.66. The number of anilines is 1. The Morgan fingerprint density at radius 2 is 2.18 bits per heavy atom. The van der Waals surface area contributed by atoms with Crippen LogP contribution in [0.4, 0.5) is 5.13 Å². The van der Waals surface area contributed by atoms with Crippen LogP contribution in [-0.2, 0) is 9.53 Å². The first-order valence-electron chi connectivity index (χ1n) is 9.34. The lowest BCUT2D eigenvalue weighted by Crippen LogP contribution is -2.36. The Morgan fingerprint density at radius 3 is 2.93 bits per heavy atom. The molecule has 0 aliphatic carbocycles. The van der Waals surface area contributed by atoms with Gasteiger partial charge in [-0.1, -0.05) is 41.7 Å². The number of benzene rings is 2. The number of thioether (sulfide) groups is 1. The second kappa shape index (κ2) is 8.90. The van der Waals surface area contributed by atoms with E-state index in [1.54, 1.807) is 34.1 Å². The van der Waals surface area contributed by atoms with Crippen LogP contribution in [0, 0.1) is 0 Å². The molecule has 1 amide bonds. The van der Waals surface area contributed by atoms with Gasteiger partial charge in [0, 0.05) is 17.6 Å². The predicted octanol–water partition coefficient (Wildman–Crippen LogP) is 5.24. The summed E-state index contributed by atoms with van der Waals surface area (Å²) in [7, 11) is 0. The molecule has 1 aromatic heterocycles. The Kier molecular flexibility index (Phi) is 6.10. The van der Waals surface area contributed by atoms with Crippen LogP contribution in [-0.4, -0.2) is 36.4 Å². The maximum Gasteiger partial charge on any atom is 0.252 e. The van der Waals surface area contributed by atoms with Crippen LogP contribution < -0.4 is 4.90 Å². The Morgan fingerprint density at radius 1 is 1.32 bits per heavy atom. The molecule has 2 aromatic carbocycles. The fraction of sp³-hybridized carbons (Fsp3) is 0.273. The van der Waals surface area contributed by atoms with E-state index in [9.17, 15) is 4.79 Å². The number of carbonyl (C=O) groups is 1. The molecule has 0 radical (unpaired) electrons. The summed E-state index contributed by atoms with van der Waals surface area (Å²) in [5, 5.41) is 0.728. The van der Waals surface area contributed by atoms with Crippen molar-refractivity contribution < 1.29 is 9.53 Å². The molecule has 1 fully saturated rings. The highest BCUT2D eigenvalue weighted by molar-refractivity contribution is 7.98. The minimum atomic E-state index is -0.0662. The largest absolute Gasteiger partial charge is 0.376 e. The van der Waals surface area contributed by atoms with Crippen molar-refractivity contribution in [2.24, 2.45) is 0 Å². The minimum Gasteiger partial charge on any atom is -0.376 e. The Labute approximate surface area is 173 Å². The van der Waals surface area contributed by atoms with E-state index >= 15 is 0 Å². The fourth-order valence-electron chi connectivity index (χ4n) is 3.21. The van der Waals surface area contributed by atoms with Gasteiger partial charge in [0.15, 0.2) is 5.13 Å². The number of ether oxygens (including phenoxy) is 1. The third kappa shape index (κ3) is 4.46. The van der Waals surface area contributed by atoms with Crippen LogP contribution in [0.5, 0.6) is 0 Å². The summed E-state index contributed by atoms with van der Waals surface area (Å²) in [4.78, 5) is 20.7. The van der Waals surface area contributed by atoms with Crippen molar-refractivity contribution in [3.63, 3.8) is 0 Å². The van der Waals surface area contributed by atoms with Crippen molar-refractivity contribution in [2.45, 2.75) is 23.8 Å². The minimum absolute atomic E-state index is 0.0662. The first-order chi connectivity index (χ1) is 13.7. The predicted molar refractivity (Wildman–Crippen MR) is 118 cm³/mol. The van der Waals surface area contributed by atoms with Crippen molar-refractivity contribution in [3.8, 4) is 0 Å². The molecule has 0 saturated carbocycles. The molecule has 4 nitrogen and oxygen atoms in total. The standard InChI is InChI=1S/C22H22N2O2S2/c1-27-18-10-11-19-20(14-18)28-22(23-19)24(15-17-8-5-13-26-17)21(25)12-9-16-6-3-2-4-7-16/h2-4,6-7,9-12,14,17H,5,8,13,15H2,1H3/b12-9+/t17-/m1/s1. The highest BCUT2D eigenvalue weighted by atomic mass is 32.2. The van der Waals surface area contributed by atoms with Gasteiger partial charge in [0.25, 0.3) is 5.91 Å². The summed E-state index contributed by atoms with van der Waals surface area (Å²) < 4.78 is 6.88. The normalized spacial score (nSPS) is 16.8. The third-order valence-electron chi connectivity index (χ3n) is 4.71. The number of amides is 1. The Balaban J connectivity index is 1.62. The van der Waals surface area contributed by atoms with Gasteiger partial charge in [0.1, 0.15) is 0 Å². The van der Waals surface area contributed by atoms with E-state index in [1.807, 2.05) is 42.5 Å². The number of fused-ring (bicyclic) bond motifs is 1. The highest BCUT2D eigenvalue weighted by Crippen LogP contribution is 2.32. The smallest absolute Gasteiger partial charge is 0.252 e. The molecule has 1 atom stereocenters. The molecular formula is C22H22N2O2S2. The van der Waals surface area contributed by atoms with Crippen molar-refractivity contribution in [1.29, 1.82) is 0 Å². The molecule has 4 rings (SSSR count). The topological polar surface area (TPSA) is 42.4 Å². The summed E-state index contributed by atoms with van der Waals surface area (Å²) in [6, 6.07) is 16.1. The number of hydrogen-bond donors (Lipinski definition) is 0. The Hall–Kier alpha value is -2.15. The number of thiazole rings is 1. The zero-order valence-electron chi connectivity index (χ0n) is 15.7. The second-order valence-corrected chi connectivity index (χ2v) is 8.55. The zero-order valence-corrected chi connectivity index (χ0v) is 17.3. The lowest BCUT2D eigenvalue weighted by Gasteiger charge is -2.21. The van der Waals surface area contributed by atoms with E-state index < -0.39 is 0 Å². The third-order valence-corrected chi connectivity index (χ3v) is 6.48. The van der Waals surface area contributed by atoms with Gasteiger partial charge in [-0.05, 0) is 48.9 Å². The van der Waals surface area contributed by atoms with E-state index in [-0.39, 0.29) is 12.0 Å². The molecule has 0 bridgehead atoms. The number of carbonyl (C=O) groups excluding carboxylic acids is 1. The van der Waals surface area contributed by atoms with Crippen molar-refractivity contribution in [1.82, 2.24) is 4.98 Å². The Bertz CT molecular complexity index is 979. The van der Waals surface area contributed by atoms with Crippen LogP contribution in [0.15, 0.2) is 59.5 Å². The molecule has 1 aliphatic rings. The van der Waals surface area contributed by atoms with E-state index in [4.69, 9.17) is 9.72 Å². The van der Waals surface area contributed by atoms with E-state index in [1.165, 1.54) is 4.90 Å². The van der Waals surface area contributed by atoms with Crippen LogP contribution in [0.3, 0.4) is 0 Å². The monoisotopic (exact) mass is 410 g/mol. The fourth-order valence-corrected chi connectivity index (χ4v) is 4.75. The molecule has 28 heavy (non-hydrogen) atoms. The summed E-state index contributed by atoms with van der Waals surface area (Å²) >= 11 is 3.27. The van der Waals surface area contributed by atoms with Gasteiger partial charge in [-0.3, -0.25) is 9.69 Å². The SMILES string of the molecule is CSc1ccc2nc(N(C[C@H]3CCCO3)C(=O)/C=C/c3ccccc3)sc2c1. The van der Waals surface area contributed by atoms with Gasteiger partial charge in [0.2, 0.25) is 0 Å². The highest BCUT2D eigenvalue weighted by Gasteiger charge is 2.25. The molecule has 1 aliphatic heterocycles. The molecule has 0 spiro atoms. The van der Waals surface area contributed by atoms with Crippen LogP contribution in [0.2, 0.25) is 0 Å². The molecular weight excluding hydrogens is 388 g/mol. The average Bonchev–Trinajstić information content (AvgIpc) is 3.39. The summed E-state index contributed by atoms with van der Waals surface area (Å²) in [5.74, 6) is -0.0662. The number of aromatic nitrogens is 1. The lowest BCUT2D eigenvalue weighted by atomic mass is 10.2. The molecule has 0 N–H and O–H groups in total. The number of rotatable bonds is 6. The first-order valence-corrected chi connectivity index (χ1v) is 11.4. The van der Waals surface area contributed by atoms with Crippen LogP contribution in [0.1, 0.15) is 18.4 Å². The maximum absolute atomic E-state index is 13.1. The quantitative estimate of drug-likeness (QED) is 0.411. The van der Waals surface area contributed by atoms with Crippen molar-refractivity contribution in [3.05, 3.63) is 60.2 Å². The van der Waals surface area contributed by atoms with Crippen molar-refractivity contribution >= 4 is 50.4 Å². The van der Waals surface area contributed by atoms with Gasteiger partial charge in [-0.15, -0.1) is 11.8 Å². The maximum atomic E-state index is 13.1. The van der Waals surface area contributed by atoms with Crippen LogP contribution >= 0.6 is 23.1 Å².